The summed E-state index contributed by atoms with van der Waals surface area (Å²) in [6.45, 7) is 11.3. The van der Waals surface area contributed by atoms with Crippen LogP contribution in [-0.4, -0.2) is 18.2 Å². The fourth-order valence-corrected chi connectivity index (χ4v) is 5.31. The van der Waals surface area contributed by atoms with E-state index in [4.69, 9.17) is 9.47 Å². The monoisotopic (exact) mass is 436 g/mol. The zero-order chi connectivity index (χ0) is 23.1. The van der Waals surface area contributed by atoms with Gasteiger partial charge in [-0.05, 0) is 34.9 Å². The first-order valence-corrected chi connectivity index (χ1v) is 12.0. The van der Waals surface area contributed by atoms with Crippen LogP contribution >= 0.6 is 0 Å². The van der Waals surface area contributed by atoms with E-state index in [1.54, 1.807) is 0 Å². The maximum Gasteiger partial charge on any atom is 0.163 e. The second-order valence-electron chi connectivity index (χ2n) is 11.2. The zero-order valence-electron chi connectivity index (χ0n) is 20.2. The molecule has 0 spiro atoms. The average molecular weight is 437 g/mol. The van der Waals surface area contributed by atoms with Gasteiger partial charge in [0.1, 0.15) is 17.3 Å². The Morgan fingerprint density at radius 1 is 0.844 bits per heavy atom. The number of allylic oxidation sites excluding steroid dienone is 4. The van der Waals surface area contributed by atoms with Crippen molar-refractivity contribution in [2.75, 3.05) is 6.61 Å². The smallest absolute Gasteiger partial charge is 0.163 e. The number of ether oxygens (including phenoxy) is 2. The second-order valence-corrected chi connectivity index (χ2v) is 11.2. The van der Waals surface area contributed by atoms with Gasteiger partial charge in [0.25, 0.3) is 0 Å². The zero-order valence-corrected chi connectivity index (χ0v) is 20.2. The van der Waals surface area contributed by atoms with Crippen LogP contribution in [-0.2, 0) is 14.3 Å². The maximum atomic E-state index is 13.3. The van der Waals surface area contributed by atoms with E-state index in [1.807, 2.05) is 24.3 Å². The van der Waals surface area contributed by atoms with Crippen molar-refractivity contribution in [2.24, 2.45) is 10.8 Å². The molecule has 1 aromatic carbocycles. The quantitative estimate of drug-likeness (QED) is 0.468. The lowest BCUT2D eigenvalue weighted by Gasteiger charge is -2.42. The number of benzene rings is 1. The van der Waals surface area contributed by atoms with Crippen LogP contribution in [0.15, 0.2) is 46.9 Å². The van der Waals surface area contributed by atoms with E-state index in [-0.39, 0.29) is 28.3 Å². The highest BCUT2D eigenvalue weighted by Crippen LogP contribution is 2.53. The molecule has 0 bridgehead atoms. The van der Waals surface area contributed by atoms with Crippen LogP contribution in [0, 0.1) is 10.8 Å². The van der Waals surface area contributed by atoms with Gasteiger partial charge in [0.05, 0.1) is 6.61 Å². The van der Waals surface area contributed by atoms with E-state index in [0.29, 0.717) is 43.4 Å². The average Bonchev–Trinajstić information content (AvgIpc) is 2.68. The van der Waals surface area contributed by atoms with Crippen LogP contribution in [0.3, 0.4) is 0 Å². The molecule has 172 valence electrons. The van der Waals surface area contributed by atoms with Crippen LogP contribution in [0.1, 0.15) is 91.0 Å². The topological polar surface area (TPSA) is 52.6 Å². The largest absolute Gasteiger partial charge is 0.494 e. The summed E-state index contributed by atoms with van der Waals surface area (Å²) in [4.78, 5) is 26.6. The van der Waals surface area contributed by atoms with Crippen molar-refractivity contribution < 1.29 is 19.1 Å². The molecule has 0 unspecified atom stereocenters. The van der Waals surface area contributed by atoms with Gasteiger partial charge in [-0.25, -0.2) is 0 Å². The van der Waals surface area contributed by atoms with Gasteiger partial charge in [0.15, 0.2) is 11.6 Å². The predicted molar refractivity (Wildman–Crippen MR) is 125 cm³/mol. The summed E-state index contributed by atoms with van der Waals surface area (Å²) < 4.78 is 12.2. The SMILES string of the molecule is CCCCCOc1ccc(C2C3=C(CC(C)(C)CC3=O)OC3=C2C(=O)CC(C)(C)C3)cc1. The van der Waals surface area contributed by atoms with E-state index < -0.39 is 0 Å². The molecule has 0 radical (unpaired) electrons. The van der Waals surface area contributed by atoms with Gasteiger partial charge in [-0.1, -0.05) is 59.6 Å². The fraction of sp³-hybridized carbons (Fsp3) is 0.571. The number of hydrogen-bond acceptors (Lipinski definition) is 4. The van der Waals surface area contributed by atoms with Crippen LogP contribution in [0.4, 0.5) is 0 Å². The Bertz CT molecular complexity index is 923. The van der Waals surface area contributed by atoms with Gasteiger partial charge in [0, 0.05) is 42.7 Å². The second kappa shape index (κ2) is 8.53. The third kappa shape index (κ3) is 4.55. The Hall–Kier alpha value is -2.36. The molecule has 4 heteroatoms. The highest BCUT2D eigenvalue weighted by Gasteiger charge is 2.47. The van der Waals surface area contributed by atoms with E-state index in [9.17, 15) is 9.59 Å². The van der Waals surface area contributed by atoms with E-state index >= 15 is 0 Å². The highest BCUT2D eigenvalue weighted by atomic mass is 16.5. The summed E-state index contributed by atoms with van der Waals surface area (Å²) in [6.07, 6.45) is 5.75. The molecule has 0 atom stereocenters. The molecule has 32 heavy (non-hydrogen) atoms. The third-order valence-electron chi connectivity index (χ3n) is 6.81. The number of Topliss-reactive ketones (excluding diaryl/α,β-unsaturated/α-hetero) is 2. The lowest BCUT2D eigenvalue weighted by molar-refractivity contribution is -0.120. The van der Waals surface area contributed by atoms with Gasteiger partial charge < -0.3 is 9.47 Å². The van der Waals surface area contributed by atoms with Crippen LogP contribution in [0.25, 0.3) is 0 Å². The molecule has 1 heterocycles. The molecule has 4 nitrogen and oxygen atoms in total. The molecule has 0 saturated carbocycles. The van der Waals surface area contributed by atoms with Gasteiger partial charge in [-0.2, -0.15) is 0 Å². The number of hydrogen-bond donors (Lipinski definition) is 0. The van der Waals surface area contributed by atoms with Crippen LogP contribution in [0.2, 0.25) is 0 Å². The lowest BCUT2D eigenvalue weighted by atomic mass is 9.65. The van der Waals surface area contributed by atoms with E-state index in [0.717, 1.165) is 42.1 Å². The molecule has 2 aliphatic carbocycles. The maximum absolute atomic E-state index is 13.3. The summed E-state index contributed by atoms with van der Waals surface area (Å²) in [6, 6.07) is 7.96. The molecule has 1 aromatic rings. The van der Waals surface area contributed by atoms with Gasteiger partial charge in [-0.15, -0.1) is 0 Å². The Morgan fingerprint density at radius 3 is 1.88 bits per heavy atom. The summed E-state index contributed by atoms with van der Waals surface area (Å²) in [5.41, 5.74) is 2.07. The third-order valence-corrected chi connectivity index (χ3v) is 6.81. The normalized spacial score (nSPS) is 22.4. The summed E-state index contributed by atoms with van der Waals surface area (Å²) >= 11 is 0. The molecular weight excluding hydrogens is 400 g/mol. The van der Waals surface area contributed by atoms with Gasteiger partial charge in [0.2, 0.25) is 0 Å². The minimum Gasteiger partial charge on any atom is -0.494 e. The van der Waals surface area contributed by atoms with E-state index in [2.05, 4.69) is 34.6 Å². The first-order valence-electron chi connectivity index (χ1n) is 12.0. The molecule has 3 aliphatic rings. The molecular formula is C28H36O4. The number of carbonyl (C=O) groups is 2. The molecule has 0 aromatic heterocycles. The van der Waals surface area contributed by atoms with Crippen molar-refractivity contribution >= 4 is 11.6 Å². The Balaban J connectivity index is 1.71. The van der Waals surface area contributed by atoms with Gasteiger partial charge >= 0.3 is 0 Å². The first-order chi connectivity index (χ1) is 15.1. The number of unbranched alkanes of at least 4 members (excludes halogenated alkanes) is 2. The molecule has 0 N–H and O–H groups in total. The summed E-state index contributed by atoms with van der Waals surface area (Å²) in [7, 11) is 0. The first kappa shape index (κ1) is 22.8. The fourth-order valence-electron chi connectivity index (χ4n) is 5.31. The Labute approximate surface area is 192 Å². The van der Waals surface area contributed by atoms with Crippen molar-refractivity contribution in [1.82, 2.24) is 0 Å². The molecule has 0 fully saturated rings. The molecule has 1 aliphatic heterocycles. The van der Waals surface area contributed by atoms with Crippen LogP contribution in [0.5, 0.6) is 5.75 Å². The van der Waals surface area contributed by atoms with Crippen LogP contribution < -0.4 is 4.74 Å². The van der Waals surface area contributed by atoms with Gasteiger partial charge in [-0.3, -0.25) is 9.59 Å². The van der Waals surface area contributed by atoms with Crippen molar-refractivity contribution in [2.45, 2.75) is 85.5 Å². The van der Waals surface area contributed by atoms with E-state index in [1.165, 1.54) is 0 Å². The van der Waals surface area contributed by atoms with Crippen molar-refractivity contribution in [3.63, 3.8) is 0 Å². The Kier molecular flexibility index (Phi) is 6.08. The minimum absolute atomic E-state index is 0.102. The number of rotatable bonds is 6. The summed E-state index contributed by atoms with van der Waals surface area (Å²) in [5.74, 6) is 2.22. The predicted octanol–water partition coefficient (Wildman–Crippen LogP) is 6.66. The standard InChI is InChI=1S/C28H36O4/c1-6-7-8-13-31-19-11-9-18(10-12-19)24-25-20(29)14-27(2,3)16-22(25)32-23-17-28(4,5)15-21(30)26(23)24/h9-12,24H,6-8,13-17H2,1-5H3. The summed E-state index contributed by atoms with van der Waals surface area (Å²) in [5, 5.41) is 0. The number of ketones is 2. The minimum atomic E-state index is -0.338. The van der Waals surface area contributed by atoms with Crippen molar-refractivity contribution in [3.8, 4) is 5.75 Å². The highest BCUT2D eigenvalue weighted by molar-refractivity contribution is 6.06. The molecule has 0 saturated heterocycles. The lowest BCUT2D eigenvalue weighted by Crippen LogP contribution is -2.37. The number of carbonyl (C=O) groups excluding carboxylic acids is 2. The molecule has 4 rings (SSSR count). The van der Waals surface area contributed by atoms with Crippen molar-refractivity contribution in [1.29, 1.82) is 0 Å². The molecule has 0 amide bonds. The Morgan fingerprint density at radius 2 is 1.38 bits per heavy atom. The van der Waals surface area contributed by atoms with Crippen molar-refractivity contribution in [3.05, 3.63) is 52.5 Å².